The lowest BCUT2D eigenvalue weighted by atomic mass is 9.87. The van der Waals surface area contributed by atoms with Crippen molar-refractivity contribution in [1.29, 1.82) is 0 Å². The van der Waals surface area contributed by atoms with E-state index in [1.165, 1.54) is 54.0 Å². The van der Waals surface area contributed by atoms with E-state index in [0.717, 1.165) is 25.9 Å². The fourth-order valence-electron chi connectivity index (χ4n) is 5.09. The molecular formula is C33H35N2S2+. The van der Waals surface area contributed by atoms with E-state index in [1.54, 1.807) is 0 Å². The molecule has 0 amide bonds. The maximum Gasteiger partial charge on any atom is 0.262 e. The van der Waals surface area contributed by atoms with Crippen molar-refractivity contribution in [1.82, 2.24) is 0 Å². The van der Waals surface area contributed by atoms with Crippen molar-refractivity contribution in [2.24, 2.45) is 0 Å². The van der Waals surface area contributed by atoms with Crippen molar-refractivity contribution < 1.29 is 4.57 Å². The molecule has 0 spiro atoms. The maximum atomic E-state index is 2.39. The largest absolute Gasteiger partial charge is 0.335 e. The Hall–Kier alpha value is -3.08. The van der Waals surface area contributed by atoms with Gasteiger partial charge >= 0.3 is 0 Å². The second-order valence-corrected chi connectivity index (χ2v) is 11.4. The van der Waals surface area contributed by atoms with Gasteiger partial charge in [-0.15, -0.1) is 0 Å². The van der Waals surface area contributed by atoms with Crippen LogP contribution in [0.2, 0.25) is 0 Å². The Morgan fingerprint density at radius 2 is 1.68 bits per heavy atom. The first-order valence-electron chi connectivity index (χ1n) is 13.3. The average molecular weight is 524 g/mol. The second kappa shape index (κ2) is 12.0. The van der Waals surface area contributed by atoms with Crippen LogP contribution in [-0.2, 0) is 6.54 Å². The Bertz CT molecular complexity index is 1460. The number of thiazole rings is 1. The van der Waals surface area contributed by atoms with Crippen LogP contribution < -0.4 is 9.47 Å². The normalized spacial score (nSPS) is 18.6. The zero-order valence-electron chi connectivity index (χ0n) is 22.0. The number of nitrogens with zero attached hydrogens (tertiary/aromatic N) is 2. The number of fused-ring (bicyclic) bond motifs is 2. The van der Waals surface area contributed by atoms with E-state index in [4.69, 9.17) is 0 Å². The van der Waals surface area contributed by atoms with Crippen LogP contribution in [-0.4, -0.2) is 6.54 Å². The van der Waals surface area contributed by atoms with Gasteiger partial charge < -0.3 is 4.90 Å². The minimum atomic E-state index is 0.984. The van der Waals surface area contributed by atoms with Gasteiger partial charge in [0.25, 0.3) is 5.01 Å². The van der Waals surface area contributed by atoms with Crippen molar-refractivity contribution in [3.8, 4) is 0 Å². The number of hydrogen-bond donors (Lipinski definition) is 0. The zero-order valence-corrected chi connectivity index (χ0v) is 23.6. The molecule has 0 bridgehead atoms. The van der Waals surface area contributed by atoms with Gasteiger partial charge in [0.05, 0.1) is 10.7 Å². The van der Waals surface area contributed by atoms with Crippen LogP contribution in [0, 0.1) is 0 Å². The van der Waals surface area contributed by atoms with Crippen LogP contribution in [0.1, 0.15) is 45.0 Å². The van der Waals surface area contributed by atoms with E-state index < -0.39 is 0 Å². The third kappa shape index (κ3) is 5.61. The maximum absolute atomic E-state index is 2.39. The molecule has 4 heteroatoms. The molecule has 1 aliphatic heterocycles. The van der Waals surface area contributed by atoms with Gasteiger partial charge in [0.1, 0.15) is 11.2 Å². The van der Waals surface area contributed by atoms with Crippen LogP contribution in [0.5, 0.6) is 0 Å². The topological polar surface area (TPSA) is 7.12 Å². The monoisotopic (exact) mass is 523 g/mol. The summed E-state index contributed by atoms with van der Waals surface area (Å²) < 4.78 is 3.73. The zero-order chi connectivity index (χ0) is 25.6. The summed E-state index contributed by atoms with van der Waals surface area (Å²) in [6.45, 7) is 8.68. The number of para-hydroxylation sites is 2. The van der Waals surface area contributed by atoms with E-state index >= 15 is 0 Å². The van der Waals surface area contributed by atoms with Gasteiger partial charge in [-0.3, -0.25) is 0 Å². The molecule has 1 aliphatic carbocycles. The second-order valence-electron chi connectivity index (χ2n) is 9.27. The summed E-state index contributed by atoms with van der Waals surface area (Å²) in [7, 11) is 0. The van der Waals surface area contributed by atoms with Crippen LogP contribution in [0.25, 0.3) is 16.3 Å². The van der Waals surface area contributed by atoms with Crippen LogP contribution >= 0.6 is 23.1 Å². The standard InChI is InChI=1S/C33H35N2S2/c1-4-34-28-19-8-10-21-30(28)36-32(34)23-12-6-15-26-17-14-18-27(25(26)3)16-7-13-24-33-35(5-2)29-20-9-11-22-31(29)37-33/h6-13,15-16,19-24H,4-5,14,17-18H2,1-3H3/q+1. The number of aryl methyl sites for hydroxylation is 1. The summed E-state index contributed by atoms with van der Waals surface area (Å²) >= 11 is 3.72. The summed E-state index contributed by atoms with van der Waals surface area (Å²) in [4.78, 5) is 3.73. The SMILES string of the molecule is CCN1C(=CC=CC=C2CCCC(C=CC=Cc3sc4ccccc4[n+]3CC)=C2C)Sc2ccccc21. The number of rotatable bonds is 7. The highest BCUT2D eigenvalue weighted by Crippen LogP contribution is 2.45. The van der Waals surface area contributed by atoms with Gasteiger partial charge in [0.2, 0.25) is 5.52 Å². The predicted molar refractivity (Wildman–Crippen MR) is 163 cm³/mol. The third-order valence-electron chi connectivity index (χ3n) is 7.06. The molecule has 1 aromatic heterocycles. The van der Waals surface area contributed by atoms with Crippen molar-refractivity contribution in [3.05, 3.63) is 118 Å². The van der Waals surface area contributed by atoms with E-state index in [9.17, 15) is 0 Å². The molecule has 2 nitrogen and oxygen atoms in total. The number of thioether (sulfide) groups is 1. The fourth-order valence-corrected chi connectivity index (χ4v) is 7.37. The van der Waals surface area contributed by atoms with Gasteiger partial charge in [-0.1, -0.05) is 83.8 Å². The Labute approximate surface area is 229 Å². The lowest BCUT2D eigenvalue weighted by Crippen LogP contribution is -2.33. The first-order valence-corrected chi connectivity index (χ1v) is 14.9. The number of aromatic nitrogens is 1. The third-order valence-corrected chi connectivity index (χ3v) is 9.32. The molecule has 5 rings (SSSR count). The van der Waals surface area contributed by atoms with E-state index in [0.29, 0.717) is 0 Å². The van der Waals surface area contributed by atoms with E-state index in [1.807, 2.05) is 23.1 Å². The molecule has 0 fully saturated rings. The molecule has 2 aromatic carbocycles. The predicted octanol–water partition coefficient (Wildman–Crippen LogP) is 9.23. The molecular weight excluding hydrogens is 489 g/mol. The van der Waals surface area contributed by atoms with E-state index in [2.05, 4.69) is 127 Å². The highest BCUT2D eigenvalue weighted by Gasteiger charge is 2.22. The van der Waals surface area contributed by atoms with Gasteiger partial charge in [-0.05, 0) is 81.0 Å². The van der Waals surface area contributed by atoms with Gasteiger partial charge in [0, 0.05) is 23.6 Å². The first-order chi connectivity index (χ1) is 18.2. The minimum Gasteiger partial charge on any atom is -0.335 e. The highest BCUT2D eigenvalue weighted by molar-refractivity contribution is 8.03. The summed E-state index contributed by atoms with van der Waals surface area (Å²) in [5.41, 5.74) is 6.97. The molecule has 0 saturated carbocycles. The summed E-state index contributed by atoms with van der Waals surface area (Å²) in [5.74, 6) is 0. The van der Waals surface area contributed by atoms with Crippen molar-refractivity contribution in [2.45, 2.75) is 51.5 Å². The molecule has 3 aromatic rings. The molecule has 2 heterocycles. The molecule has 0 atom stereocenters. The first kappa shape index (κ1) is 25.6. The van der Waals surface area contributed by atoms with Crippen molar-refractivity contribution in [2.75, 3.05) is 11.4 Å². The lowest BCUT2D eigenvalue weighted by Gasteiger charge is -2.18. The Morgan fingerprint density at radius 1 is 0.892 bits per heavy atom. The molecule has 2 aliphatic rings. The molecule has 188 valence electrons. The van der Waals surface area contributed by atoms with Crippen LogP contribution in [0.4, 0.5) is 5.69 Å². The molecule has 37 heavy (non-hydrogen) atoms. The Balaban J connectivity index is 1.27. The molecule has 0 N–H and O–H groups in total. The van der Waals surface area contributed by atoms with Crippen molar-refractivity contribution >= 4 is 45.1 Å². The van der Waals surface area contributed by atoms with Gasteiger partial charge in [0.15, 0.2) is 0 Å². The summed E-state index contributed by atoms with van der Waals surface area (Å²) in [5, 5.41) is 2.60. The van der Waals surface area contributed by atoms with Crippen molar-refractivity contribution in [3.63, 3.8) is 0 Å². The van der Waals surface area contributed by atoms with Gasteiger partial charge in [-0.2, -0.15) is 4.57 Å². The molecule has 0 unspecified atom stereocenters. The Kier molecular flexibility index (Phi) is 8.28. The van der Waals surface area contributed by atoms with Gasteiger partial charge in [-0.25, -0.2) is 0 Å². The highest BCUT2D eigenvalue weighted by atomic mass is 32.2. The minimum absolute atomic E-state index is 0.984. The molecule has 0 saturated heterocycles. The lowest BCUT2D eigenvalue weighted by molar-refractivity contribution is -0.665. The number of benzene rings is 2. The number of allylic oxidation sites excluding steroid dienone is 10. The molecule has 0 radical (unpaired) electrons. The summed E-state index contributed by atoms with van der Waals surface area (Å²) in [6.07, 6.45) is 21.4. The Morgan fingerprint density at radius 3 is 2.54 bits per heavy atom. The van der Waals surface area contributed by atoms with Crippen LogP contribution in [0.15, 0.2) is 118 Å². The number of hydrogen-bond acceptors (Lipinski definition) is 3. The quantitative estimate of drug-likeness (QED) is 0.225. The average Bonchev–Trinajstić information content (AvgIpc) is 3.47. The number of anilines is 1. The smallest absolute Gasteiger partial charge is 0.262 e. The van der Waals surface area contributed by atoms with E-state index in [-0.39, 0.29) is 0 Å². The van der Waals surface area contributed by atoms with Crippen LogP contribution in [0.3, 0.4) is 0 Å². The fraction of sp³-hybridized carbons (Fsp3) is 0.242. The summed E-state index contributed by atoms with van der Waals surface area (Å²) in [6, 6.07) is 17.3.